The van der Waals surface area contributed by atoms with Gasteiger partial charge in [-0.1, -0.05) is 0 Å². The standard InChI is InChI=1S/C13H20N2O4S/c1-5-19-12(16)10-8(2)11(9(3)14-10)20(17,18)15-13(4)6-7-13/h14-15H,5-7H2,1-4H3. The summed E-state index contributed by atoms with van der Waals surface area (Å²) >= 11 is 0. The van der Waals surface area contributed by atoms with Crippen molar-refractivity contribution in [1.82, 2.24) is 9.71 Å². The maximum atomic E-state index is 12.4. The van der Waals surface area contributed by atoms with E-state index in [1.165, 1.54) is 0 Å². The zero-order valence-electron chi connectivity index (χ0n) is 12.2. The molecule has 1 aromatic heterocycles. The number of esters is 1. The van der Waals surface area contributed by atoms with Crippen LogP contribution >= 0.6 is 0 Å². The number of hydrogen-bond acceptors (Lipinski definition) is 4. The van der Waals surface area contributed by atoms with Crippen molar-refractivity contribution in [2.24, 2.45) is 0 Å². The number of hydrogen-bond donors (Lipinski definition) is 2. The summed E-state index contributed by atoms with van der Waals surface area (Å²) in [7, 11) is -3.63. The van der Waals surface area contributed by atoms with E-state index in [4.69, 9.17) is 4.74 Å². The molecule has 1 fully saturated rings. The lowest BCUT2D eigenvalue weighted by Crippen LogP contribution is -2.34. The topological polar surface area (TPSA) is 88.3 Å². The molecule has 0 radical (unpaired) electrons. The monoisotopic (exact) mass is 300 g/mol. The molecule has 0 saturated heterocycles. The second-order valence-electron chi connectivity index (χ2n) is 5.47. The lowest BCUT2D eigenvalue weighted by Gasteiger charge is -2.12. The van der Waals surface area contributed by atoms with Crippen molar-refractivity contribution in [3.8, 4) is 0 Å². The van der Waals surface area contributed by atoms with Crippen LogP contribution in [0.1, 0.15) is 48.4 Å². The van der Waals surface area contributed by atoms with Crippen LogP contribution < -0.4 is 4.72 Å². The van der Waals surface area contributed by atoms with E-state index in [9.17, 15) is 13.2 Å². The Labute approximate surface area is 119 Å². The van der Waals surface area contributed by atoms with Gasteiger partial charge in [0.05, 0.1) is 6.61 Å². The first-order valence-corrected chi connectivity index (χ1v) is 8.09. The van der Waals surface area contributed by atoms with E-state index in [1.54, 1.807) is 20.8 Å². The van der Waals surface area contributed by atoms with E-state index in [0.717, 1.165) is 12.8 Å². The fraction of sp³-hybridized carbons (Fsp3) is 0.615. The van der Waals surface area contributed by atoms with Crippen LogP contribution in [0.2, 0.25) is 0 Å². The molecule has 0 amide bonds. The minimum absolute atomic E-state index is 0.147. The number of rotatable bonds is 5. The molecule has 0 spiro atoms. The molecular formula is C13H20N2O4S. The number of H-pyrrole nitrogens is 1. The molecule has 20 heavy (non-hydrogen) atoms. The van der Waals surface area contributed by atoms with E-state index in [2.05, 4.69) is 9.71 Å². The number of aryl methyl sites for hydroxylation is 1. The van der Waals surface area contributed by atoms with E-state index in [-0.39, 0.29) is 22.7 Å². The highest BCUT2D eigenvalue weighted by atomic mass is 32.2. The van der Waals surface area contributed by atoms with Crippen LogP contribution in [-0.2, 0) is 14.8 Å². The first kappa shape index (κ1) is 15.1. The molecule has 6 nitrogen and oxygen atoms in total. The highest BCUT2D eigenvalue weighted by molar-refractivity contribution is 7.89. The van der Waals surface area contributed by atoms with Crippen molar-refractivity contribution in [1.29, 1.82) is 0 Å². The van der Waals surface area contributed by atoms with Gasteiger partial charge in [0.15, 0.2) is 0 Å². The highest BCUT2D eigenvalue weighted by Gasteiger charge is 2.42. The minimum atomic E-state index is -3.63. The number of sulfonamides is 1. The van der Waals surface area contributed by atoms with Crippen molar-refractivity contribution in [3.05, 3.63) is 17.0 Å². The fourth-order valence-electron chi connectivity index (χ4n) is 2.21. The third-order valence-electron chi connectivity index (χ3n) is 3.50. The SMILES string of the molecule is CCOC(=O)c1[nH]c(C)c(S(=O)(=O)NC2(C)CC2)c1C. The Hall–Kier alpha value is -1.34. The fourth-order valence-corrected chi connectivity index (χ4v) is 4.12. The zero-order valence-corrected chi connectivity index (χ0v) is 13.0. The van der Waals surface area contributed by atoms with E-state index in [0.29, 0.717) is 11.3 Å². The summed E-state index contributed by atoms with van der Waals surface area (Å²) in [6.07, 6.45) is 1.67. The van der Waals surface area contributed by atoms with E-state index < -0.39 is 16.0 Å². The second-order valence-corrected chi connectivity index (χ2v) is 7.08. The second kappa shape index (κ2) is 4.89. The molecule has 2 rings (SSSR count). The maximum Gasteiger partial charge on any atom is 0.355 e. The quantitative estimate of drug-likeness (QED) is 0.809. The van der Waals surface area contributed by atoms with Crippen LogP contribution in [0.4, 0.5) is 0 Å². The Morgan fingerprint density at radius 3 is 2.50 bits per heavy atom. The molecular weight excluding hydrogens is 280 g/mol. The molecule has 2 N–H and O–H groups in total. The summed E-state index contributed by atoms with van der Waals surface area (Å²) in [5, 5.41) is 0. The Bertz CT molecular complexity index is 642. The van der Waals surface area contributed by atoms with Crippen LogP contribution in [-0.4, -0.2) is 31.5 Å². The predicted molar refractivity (Wildman–Crippen MR) is 74.2 cm³/mol. The summed E-state index contributed by atoms with van der Waals surface area (Å²) in [5.74, 6) is -0.535. The number of carbonyl (C=O) groups excluding carboxylic acids is 1. The molecule has 0 aromatic carbocycles. The molecule has 0 unspecified atom stereocenters. The summed E-state index contributed by atoms with van der Waals surface area (Å²) in [6.45, 7) is 7.07. The molecule has 0 bridgehead atoms. The van der Waals surface area contributed by atoms with E-state index >= 15 is 0 Å². The predicted octanol–water partition coefficient (Wildman–Crippen LogP) is 1.64. The molecule has 1 heterocycles. The lowest BCUT2D eigenvalue weighted by molar-refractivity contribution is 0.0519. The van der Waals surface area contributed by atoms with Gasteiger partial charge in [0.1, 0.15) is 10.6 Å². The third-order valence-corrected chi connectivity index (χ3v) is 5.41. The first-order chi connectivity index (χ1) is 9.20. The van der Waals surface area contributed by atoms with Gasteiger partial charge in [-0.2, -0.15) is 0 Å². The average molecular weight is 300 g/mol. The van der Waals surface area contributed by atoms with Crippen molar-refractivity contribution >= 4 is 16.0 Å². The van der Waals surface area contributed by atoms with Crippen molar-refractivity contribution in [3.63, 3.8) is 0 Å². The zero-order chi connectivity index (χ0) is 15.1. The summed E-state index contributed by atoms with van der Waals surface area (Å²) < 4.78 is 32.5. The molecule has 0 atom stereocenters. The minimum Gasteiger partial charge on any atom is -0.461 e. The normalized spacial score (nSPS) is 17.0. The van der Waals surface area contributed by atoms with Crippen LogP contribution in [0.5, 0.6) is 0 Å². The molecule has 1 aliphatic rings. The number of carbonyl (C=O) groups is 1. The van der Waals surface area contributed by atoms with Crippen molar-refractivity contribution < 1.29 is 17.9 Å². The molecule has 0 aliphatic heterocycles. The van der Waals surface area contributed by atoms with Gasteiger partial charge in [0, 0.05) is 16.8 Å². The Morgan fingerprint density at radius 2 is 2.00 bits per heavy atom. The average Bonchev–Trinajstić information content (AvgIpc) is 2.92. The molecule has 7 heteroatoms. The molecule has 1 saturated carbocycles. The maximum absolute atomic E-state index is 12.4. The number of ether oxygens (including phenoxy) is 1. The lowest BCUT2D eigenvalue weighted by atomic mass is 10.2. The van der Waals surface area contributed by atoms with Crippen LogP contribution in [0, 0.1) is 13.8 Å². The largest absolute Gasteiger partial charge is 0.461 e. The number of aromatic nitrogens is 1. The smallest absolute Gasteiger partial charge is 0.355 e. The summed E-state index contributed by atoms with van der Waals surface area (Å²) in [4.78, 5) is 14.7. The van der Waals surface area contributed by atoms with Gasteiger partial charge >= 0.3 is 5.97 Å². The van der Waals surface area contributed by atoms with Crippen molar-refractivity contribution in [2.75, 3.05) is 6.61 Å². The van der Waals surface area contributed by atoms with Gasteiger partial charge in [-0.05, 0) is 40.5 Å². The number of aromatic amines is 1. The van der Waals surface area contributed by atoms with Crippen LogP contribution in [0.25, 0.3) is 0 Å². The Morgan fingerprint density at radius 1 is 1.40 bits per heavy atom. The molecule has 112 valence electrons. The van der Waals surface area contributed by atoms with Gasteiger partial charge < -0.3 is 9.72 Å². The van der Waals surface area contributed by atoms with Gasteiger partial charge in [-0.15, -0.1) is 0 Å². The van der Waals surface area contributed by atoms with Gasteiger partial charge in [-0.25, -0.2) is 17.9 Å². The van der Waals surface area contributed by atoms with Gasteiger partial charge in [0.2, 0.25) is 10.0 Å². The Balaban J connectivity index is 2.39. The van der Waals surface area contributed by atoms with Crippen LogP contribution in [0.3, 0.4) is 0 Å². The van der Waals surface area contributed by atoms with Gasteiger partial charge in [0.25, 0.3) is 0 Å². The third kappa shape index (κ3) is 2.73. The first-order valence-electron chi connectivity index (χ1n) is 6.60. The van der Waals surface area contributed by atoms with Crippen LogP contribution in [0.15, 0.2) is 4.90 Å². The van der Waals surface area contributed by atoms with E-state index in [1.807, 2.05) is 6.92 Å². The highest BCUT2D eigenvalue weighted by Crippen LogP contribution is 2.37. The molecule has 1 aromatic rings. The summed E-state index contributed by atoms with van der Waals surface area (Å²) in [6, 6.07) is 0. The Kier molecular flexibility index (Phi) is 3.68. The molecule has 1 aliphatic carbocycles. The number of nitrogens with one attached hydrogen (secondary N) is 2. The summed E-state index contributed by atoms with van der Waals surface area (Å²) in [5.41, 5.74) is 0.699. The van der Waals surface area contributed by atoms with Crippen molar-refractivity contribution in [2.45, 2.75) is 51.0 Å². The van der Waals surface area contributed by atoms with Gasteiger partial charge in [-0.3, -0.25) is 0 Å².